The number of hydrogen-bond acceptors (Lipinski definition) is 2. The van der Waals surface area contributed by atoms with Gasteiger partial charge in [-0.3, -0.25) is 4.79 Å². The monoisotopic (exact) mass is 452 g/mol. The zero-order valence-corrected chi connectivity index (χ0v) is 22.7. The van der Waals surface area contributed by atoms with Gasteiger partial charge < -0.3 is 4.74 Å². The molecule has 0 heterocycles. The molecule has 2 heteroatoms. The van der Waals surface area contributed by atoms with Crippen LogP contribution in [0, 0.1) is 11.8 Å². The van der Waals surface area contributed by atoms with Crippen molar-refractivity contribution in [3.05, 3.63) is 0 Å². The second-order valence-corrected chi connectivity index (χ2v) is 10.4. The third-order valence-electron chi connectivity index (χ3n) is 7.04. The molecule has 0 bridgehead atoms. The molecule has 0 aliphatic carbocycles. The van der Waals surface area contributed by atoms with Crippen LogP contribution in [0.4, 0.5) is 0 Å². The van der Waals surface area contributed by atoms with E-state index in [1.807, 2.05) is 0 Å². The van der Waals surface area contributed by atoms with Gasteiger partial charge in [-0.25, -0.2) is 0 Å². The lowest BCUT2D eigenvalue weighted by Crippen LogP contribution is -2.19. The maximum atomic E-state index is 12.5. The van der Waals surface area contributed by atoms with Crippen LogP contribution in [0.15, 0.2) is 0 Å². The average Bonchev–Trinajstić information content (AvgIpc) is 2.80. The first-order valence-electron chi connectivity index (χ1n) is 14.8. The van der Waals surface area contributed by atoms with E-state index in [0.29, 0.717) is 12.5 Å². The fraction of sp³-hybridized carbons (Fsp3) is 0.967. The van der Waals surface area contributed by atoms with Crippen molar-refractivity contribution in [2.24, 2.45) is 11.8 Å². The summed E-state index contributed by atoms with van der Waals surface area (Å²) in [4.78, 5) is 12.5. The average molecular weight is 453 g/mol. The molecule has 2 nitrogen and oxygen atoms in total. The van der Waals surface area contributed by atoms with E-state index in [2.05, 4.69) is 27.7 Å². The number of carbonyl (C=O) groups is 1. The summed E-state index contributed by atoms with van der Waals surface area (Å²) in [5, 5.41) is 0. The molecule has 0 saturated heterocycles. The van der Waals surface area contributed by atoms with Gasteiger partial charge in [0, 0.05) is 0 Å². The van der Waals surface area contributed by atoms with Crippen LogP contribution in [0.1, 0.15) is 169 Å². The Balaban J connectivity index is 3.77. The molecule has 2 atom stereocenters. The zero-order valence-electron chi connectivity index (χ0n) is 22.7. The van der Waals surface area contributed by atoms with Crippen molar-refractivity contribution in [2.75, 3.05) is 6.61 Å². The van der Waals surface area contributed by atoms with Crippen molar-refractivity contribution in [1.82, 2.24) is 0 Å². The van der Waals surface area contributed by atoms with Crippen LogP contribution in [0.5, 0.6) is 0 Å². The van der Waals surface area contributed by atoms with E-state index in [-0.39, 0.29) is 11.9 Å². The van der Waals surface area contributed by atoms with Crippen molar-refractivity contribution >= 4 is 5.97 Å². The van der Waals surface area contributed by atoms with E-state index >= 15 is 0 Å². The fourth-order valence-electron chi connectivity index (χ4n) is 4.61. The summed E-state index contributed by atoms with van der Waals surface area (Å²) in [6, 6.07) is 0. The Kier molecular flexibility index (Phi) is 24.7. The third-order valence-corrected chi connectivity index (χ3v) is 7.04. The van der Waals surface area contributed by atoms with Crippen molar-refractivity contribution in [3.8, 4) is 0 Å². The van der Waals surface area contributed by atoms with Gasteiger partial charge in [-0.15, -0.1) is 0 Å². The van der Waals surface area contributed by atoms with Crippen LogP contribution in [0.3, 0.4) is 0 Å². The molecule has 0 aromatic heterocycles. The van der Waals surface area contributed by atoms with Crippen LogP contribution in [0.2, 0.25) is 0 Å². The lowest BCUT2D eigenvalue weighted by Gasteiger charge is -2.19. The third kappa shape index (κ3) is 21.3. The molecule has 0 aliphatic rings. The Labute approximate surface area is 203 Å². The van der Waals surface area contributed by atoms with Gasteiger partial charge in [0.05, 0.1) is 12.5 Å². The summed E-state index contributed by atoms with van der Waals surface area (Å²) in [5.74, 6) is 0.679. The standard InChI is InChI=1S/C30H60O2/c1-5-8-11-13-14-15-16-17-18-19-20-22-24-28(4)30(31)32-27-29(25-21-10-7-3)26-23-12-9-6-2/h28-29H,5-27H2,1-4H3. The topological polar surface area (TPSA) is 26.3 Å². The van der Waals surface area contributed by atoms with Crippen LogP contribution < -0.4 is 0 Å². The molecule has 0 spiro atoms. The van der Waals surface area contributed by atoms with E-state index in [1.165, 1.54) is 135 Å². The summed E-state index contributed by atoms with van der Waals surface area (Å²) < 4.78 is 5.77. The number of rotatable bonds is 25. The number of esters is 1. The van der Waals surface area contributed by atoms with Gasteiger partial charge in [-0.05, 0) is 25.2 Å². The molecule has 0 rings (SSSR count). The van der Waals surface area contributed by atoms with Gasteiger partial charge >= 0.3 is 5.97 Å². The molecule has 0 fully saturated rings. The highest BCUT2D eigenvalue weighted by atomic mass is 16.5. The second-order valence-electron chi connectivity index (χ2n) is 10.4. The van der Waals surface area contributed by atoms with Crippen LogP contribution in [0.25, 0.3) is 0 Å². The van der Waals surface area contributed by atoms with E-state index in [4.69, 9.17) is 4.74 Å². The molecule has 2 unspecified atom stereocenters. The van der Waals surface area contributed by atoms with Gasteiger partial charge in [0.15, 0.2) is 0 Å². The highest BCUT2D eigenvalue weighted by molar-refractivity contribution is 5.71. The van der Waals surface area contributed by atoms with Gasteiger partial charge in [-0.2, -0.15) is 0 Å². The molecule has 0 saturated carbocycles. The summed E-state index contributed by atoms with van der Waals surface area (Å²) in [5.41, 5.74) is 0. The molecule has 192 valence electrons. The van der Waals surface area contributed by atoms with Crippen LogP contribution in [-0.4, -0.2) is 12.6 Å². The van der Waals surface area contributed by atoms with Crippen LogP contribution >= 0.6 is 0 Å². The first-order chi connectivity index (χ1) is 15.7. The minimum Gasteiger partial charge on any atom is -0.465 e. The van der Waals surface area contributed by atoms with Gasteiger partial charge in [-0.1, -0.05) is 150 Å². The second kappa shape index (κ2) is 25.1. The Hall–Kier alpha value is -0.530. The van der Waals surface area contributed by atoms with E-state index in [0.717, 1.165) is 6.42 Å². The number of ether oxygens (including phenoxy) is 1. The normalized spacial score (nSPS) is 13.2. The highest BCUT2D eigenvalue weighted by Gasteiger charge is 2.17. The highest BCUT2D eigenvalue weighted by Crippen LogP contribution is 2.20. The summed E-state index contributed by atoms with van der Waals surface area (Å²) >= 11 is 0. The first kappa shape index (κ1) is 31.5. The quantitative estimate of drug-likeness (QED) is 0.102. The lowest BCUT2D eigenvalue weighted by molar-refractivity contribution is -0.149. The SMILES string of the molecule is CCCCCCCCCCCCCCC(C)C(=O)OCC(CCCCC)CCCCCC. The van der Waals surface area contributed by atoms with E-state index in [1.54, 1.807) is 0 Å². The molecule has 0 aromatic rings. The molecule has 0 radical (unpaired) electrons. The fourth-order valence-corrected chi connectivity index (χ4v) is 4.61. The number of hydrogen-bond donors (Lipinski definition) is 0. The smallest absolute Gasteiger partial charge is 0.308 e. The number of carbonyl (C=O) groups excluding carboxylic acids is 1. The first-order valence-corrected chi connectivity index (χ1v) is 14.8. The van der Waals surface area contributed by atoms with Gasteiger partial charge in [0.25, 0.3) is 0 Å². The lowest BCUT2D eigenvalue weighted by atomic mass is 9.95. The zero-order chi connectivity index (χ0) is 23.7. The van der Waals surface area contributed by atoms with Crippen molar-refractivity contribution in [2.45, 2.75) is 169 Å². The Morgan fingerprint density at radius 3 is 1.38 bits per heavy atom. The molecule has 0 aromatic carbocycles. The van der Waals surface area contributed by atoms with Gasteiger partial charge in [0.2, 0.25) is 0 Å². The predicted octanol–water partition coefficient (Wildman–Crippen LogP) is 10.4. The summed E-state index contributed by atoms with van der Waals surface area (Å²) in [6.45, 7) is 9.52. The molecule has 0 N–H and O–H groups in total. The van der Waals surface area contributed by atoms with E-state index < -0.39 is 0 Å². The van der Waals surface area contributed by atoms with Crippen molar-refractivity contribution < 1.29 is 9.53 Å². The largest absolute Gasteiger partial charge is 0.465 e. The Bertz CT molecular complexity index is 379. The van der Waals surface area contributed by atoms with E-state index in [9.17, 15) is 4.79 Å². The molecule has 0 amide bonds. The Morgan fingerprint density at radius 1 is 0.531 bits per heavy atom. The van der Waals surface area contributed by atoms with Crippen molar-refractivity contribution in [1.29, 1.82) is 0 Å². The molecular formula is C30H60O2. The maximum absolute atomic E-state index is 12.5. The van der Waals surface area contributed by atoms with Gasteiger partial charge in [0.1, 0.15) is 0 Å². The maximum Gasteiger partial charge on any atom is 0.308 e. The predicted molar refractivity (Wildman–Crippen MR) is 142 cm³/mol. The number of unbranched alkanes of at least 4 members (excludes halogenated alkanes) is 16. The Morgan fingerprint density at radius 2 is 0.875 bits per heavy atom. The minimum atomic E-state index is 0.0436. The molecule has 0 aliphatic heterocycles. The summed E-state index contributed by atoms with van der Waals surface area (Å²) in [6.07, 6.45) is 28.9. The molecule has 32 heavy (non-hydrogen) atoms. The summed E-state index contributed by atoms with van der Waals surface area (Å²) in [7, 11) is 0. The minimum absolute atomic E-state index is 0.0436. The molecular weight excluding hydrogens is 392 g/mol. The van der Waals surface area contributed by atoms with Crippen molar-refractivity contribution in [3.63, 3.8) is 0 Å². The van der Waals surface area contributed by atoms with Crippen LogP contribution in [-0.2, 0) is 9.53 Å².